The molecule has 3 fully saturated rings. The van der Waals surface area contributed by atoms with Crippen molar-refractivity contribution in [2.75, 3.05) is 19.6 Å². The number of hydrogen-bond acceptors (Lipinski definition) is 3. The molecule has 3 rings (SSSR count). The van der Waals surface area contributed by atoms with Gasteiger partial charge in [-0.3, -0.25) is 0 Å². The monoisotopic (exact) mass is 266 g/mol. The van der Waals surface area contributed by atoms with Crippen molar-refractivity contribution >= 4 is 0 Å². The molecule has 3 N–H and O–H groups in total. The van der Waals surface area contributed by atoms with E-state index < -0.39 is 5.60 Å². The second kappa shape index (κ2) is 5.01. The van der Waals surface area contributed by atoms with Crippen LogP contribution in [0.15, 0.2) is 0 Å². The molecule has 19 heavy (non-hydrogen) atoms. The molecule has 0 radical (unpaired) electrons. The fraction of sp³-hybridized carbons (Fsp3) is 1.00. The van der Waals surface area contributed by atoms with Gasteiger partial charge in [-0.25, -0.2) is 0 Å². The van der Waals surface area contributed by atoms with Crippen molar-refractivity contribution < 1.29 is 5.11 Å². The highest BCUT2D eigenvalue weighted by Gasteiger charge is 2.53. The van der Waals surface area contributed by atoms with Gasteiger partial charge in [0, 0.05) is 24.5 Å². The topological polar surface area (TPSA) is 49.5 Å². The molecule has 2 atom stereocenters. The van der Waals surface area contributed by atoms with Gasteiger partial charge in [0.1, 0.15) is 0 Å². The molecule has 0 bridgehead atoms. The standard InChI is InChI=1S/C16H30N2O/c1-13-4-6-15(12-17,7-5-13)16(19)8-10-18-9-2-3-14(18)11-16/h13-14,19H,2-12,17H2,1H3. The largest absolute Gasteiger partial charge is 0.389 e. The highest BCUT2D eigenvalue weighted by molar-refractivity contribution is 5.07. The highest BCUT2D eigenvalue weighted by Crippen LogP contribution is 2.51. The van der Waals surface area contributed by atoms with Crippen LogP contribution in [0.3, 0.4) is 0 Å². The lowest BCUT2D eigenvalue weighted by molar-refractivity contribution is -0.144. The number of fused-ring (bicyclic) bond motifs is 1. The van der Waals surface area contributed by atoms with Gasteiger partial charge in [-0.2, -0.15) is 0 Å². The molecule has 2 heterocycles. The van der Waals surface area contributed by atoms with Crippen LogP contribution in [0.25, 0.3) is 0 Å². The van der Waals surface area contributed by atoms with Crippen LogP contribution in [0.2, 0.25) is 0 Å². The second-order valence-electron chi connectivity index (χ2n) is 7.48. The lowest BCUT2D eigenvalue weighted by Crippen LogP contribution is -2.60. The third-order valence-corrected chi connectivity index (χ3v) is 6.49. The molecule has 3 aliphatic rings. The third-order valence-electron chi connectivity index (χ3n) is 6.49. The smallest absolute Gasteiger partial charge is 0.0742 e. The molecule has 110 valence electrons. The predicted molar refractivity (Wildman–Crippen MR) is 77.9 cm³/mol. The Morgan fingerprint density at radius 3 is 2.58 bits per heavy atom. The Kier molecular flexibility index (Phi) is 3.65. The second-order valence-corrected chi connectivity index (χ2v) is 7.48. The van der Waals surface area contributed by atoms with Crippen molar-refractivity contribution in [1.29, 1.82) is 0 Å². The van der Waals surface area contributed by atoms with Crippen LogP contribution in [0.5, 0.6) is 0 Å². The maximum atomic E-state index is 11.4. The molecule has 3 heteroatoms. The Labute approximate surface area is 117 Å². The first-order valence-corrected chi connectivity index (χ1v) is 8.25. The molecule has 1 aliphatic carbocycles. The van der Waals surface area contributed by atoms with Gasteiger partial charge < -0.3 is 15.7 Å². The molecule has 0 spiro atoms. The van der Waals surface area contributed by atoms with E-state index in [1.54, 1.807) is 0 Å². The van der Waals surface area contributed by atoms with Gasteiger partial charge in [-0.05, 0) is 51.0 Å². The lowest BCUT2D eigenvalue weighted by Gasteiger charge is -2.54. The quantitative estimate of drug-likeness (QED) is 0.805. The van der Waals surface area contributed by atoms with Crippen LogP contribution in [0.4, 0.5) is 0 Å². The zero-order valence-electron chi connectivity index (χ0n) is 12.4. The molecule has 2 saturated heterocycles. The first kappa shape index (κ1) is 13.8. The predicted octanol–water partition coefficient (Wildman–Crippen LogP) is 2.13. The van der Waals surface area contributed by atoms with E-state index in [9.17, 15) is 5.11 Å². The number of piperidine rings is 1. The van der Waals surface area contributed by atoms with Gasteiger partial charge in [-0.15, -0.1) is 0 Å². The van der Waals surface area contributed by atoms with Gasteiger partial charge >= 0.3 is 0 Å². The molecule has 0 aromatic heterocycles. The maximum absolute atomic E-state index is 11.4. The summed E-state index contributed by atoms with van der Waals surface area (Å²) in [6.07, 6.45) is 9.25. The first-order valence-electron chi connectivity index (χ1n) is 8.25. The summed E-state index contributed by atoms with van der Waals surface area (Å²) in [4.78, 5) is 2.59. The number of nitrogens with two attached hydrogens (primary N) is 1. The normalized spacial score (nSPS) is 48.2. The van der Waals surface area contributed by atoms with Crippen LogP contribution >= 0.6 is 0 Å². The molecule has 2 aliphatic heterocycles. The van der Waals surface area contributed by atoms with Crippen LogP contribution in [0.1, 0.15) is 58.3 Å². The van der Waals surface area contributed by atoms with Crippen molar-refractivity contribution in [2.24, 2.45) is 17.1 Å². The maximum Gasteiger partial charge on any atom is 0.0742 e. The summed E-state index contributed by atoms with van der Waals surface area (Å²) >= 11 is 0. The van der Waals surface area contributed by atoms with E-state index in [2.05, 4.69) is 11.8 Å². The van der Waals surface area contributed by atoms with E-state index in [4.69, 9.17) is 5.73 Å². The van der Waals surface area contributed by atoms with Crippen molar-refractivity contribution in [3.63, 3.8) is 0 Å². The molecule has 0 amide bonds. The van der Waals surface area contributed by atoms with Crippen molar-refractivity contribution in [3.05, 3.63) is 0 Å². The Hall–Kier alpha value is -0.120. The van der Waals surface area contributed by atoms with E-state index in [-0.39, 0.29) is 5.41 Å². The highest BCUT2D eigenvalue weighted by atomic mass is 16.3. The molecule has 3 nitrogen and oxygen atoms in total. The summed E-state index contributed by atoms with van der Waals surface area (Å²) < 4.78 is 0. The average Bonchev–Trinajstić information content (AvgIpc) is 2.87. The van der Waals surface area contributed by atoms with Crippen LogP contribution in [-0.2, 0) is 0 Å². The summed E-state index contributed by atoms with van der Waals surface area (Å²) in [5.74, 6) is 0.815. The number of hydrogen-bond donors (Lipinski definition) is 2. The minimum atomic E-state index is -0.493. The Morgan fingerprint density at radius 1 is 1.16 bits per heavy atom. The Balaban J connectivity index is 1.78. The van der Waals surface area contributed by atoms with Gasteiger partial charge in [0.2, 0.25) is 0 Å². The number of rotatable bonds is 2. The Bertz CT molecular complexity index is 325. The Morgan fingerprint density at radius 2 is 1.89 bits per heavy atom. The lowest BCUT2D eigenvalue weighted by atomic mass is 9.58. The first-order chi connectivity index (χ1) is 9.09. The van der Waals surface area contributed by atoms with E-state index in [0.29, 0.717) is 12.6 Å². The summed E-state index contributed by atoms with van der Waals surface area (Å²) in [7, 11) is 0. The van der Waals surface area contributed by atoms with E-state index in [0.717, 1.165) is 38.1 Å². The van der Waals surface area contributed by atoms with E-state index in [1.165, 1.54) is 32.2 Å². The zero-order valence-corrected chi connectivity index (χ0v) is 12.4. The van der Waals surface area contributed by atoms with E-state index in [1.807, 2.05) is 0 Å². The van der Waals surface area contributed by atoms with Crippen LogP contribution in [0, 0.1) is 11.3 Å². The molecule has 0 aromatic carbocycles. The number of nitrogens with zero attached hydrogens (tertiary/aromatic N) is 1. The third kappa shape index (κ3) is 2.24. The van der Waals surface area contributed by atoms with Gasteiger partial charge in [0.15, 0.2) is 0 Å². The van der Waals surface area contributed by atoms with Gasteiger partial charge in [0.05, 0.1) is 5.60 Å². The number of aliphatic hydroxyl groups is 1. The average molecular weight is 266 g/mol. The summed E-state index contributed by atoms with van der Waals surface area (Å²) in [5.41, 5.74) is 5.68. The van der Waals surface area contributed by atoms with Crippen molar-refractivity contribution in [1.82, 2.24) is 4.90 Å². The summed E-state index contributed by atoms with van der Waals surface area (Å²) in [6.45, 7) is 5.33. The van der Waals surface area contributed by atoms with Crippen LogP contribution < -0.4 is 5.73 Å². The summed E-state index contributed by atoms with van der Waals surface area (Å²) in [6, 6.07) is 0.626. The van der Waals surface area contributed by atoms with Crippen molar-refractivity contribution in [2.45, 2.75) is 69.9 Å². The minimum Gasteiger partial charge on any atom is -0.389 e. The van der Waals surface area contributed by atoms with Crippen LogP contribution in [-0.4, -0.2) is 41.3 Å². The van der Waals surface area contributed by atoms with Gasteiger partial charge in [-0.1, -0.05) is 19.8 Å². The molecule has 0 aromatic rings. The molecular formula is C16H30N2O. The molecule has 2 unspecified atom stereocenters. The fourth-order valence-electron chi connectivity index (χ4n) is 4.90. The zero-order chi connectivity index (χ0) is 13.5. The van der Waals surface area contributed by atoms with E-state index >= 15 is 0 Å². The SMILES string of the molecule is CC1CCC(CN)(C2(O)CCN3CCCC3C2)CC1. The molecular weight excluding hydrogens is 236 g/mol. The summed E-state index contributed by atoms with van der Waals surface area (Å²) in [5, 5.41) is 11.4. The molecule has 1 saturated carbocycles. The fourth-order valence-corrected chi connectivity index (χ4v) is 4.90. The van der Waals surface area contributed by atoms with Gasteiger partial charge in [0.25, 0.3) is 0 Å². The van der Waals surface area contributed by atoms with Crippen molar-refractivity contribution in [3.8, 4) is 0 Å². The minimum absolute atomic E-state index is 0.00813.